The summed E-state index contributed by atoms with van der Waals surface area (Å²) in [7, 11) is 0. The van der Waals surface area contributed by atoms with E-state index in [2.05, 4.69) is 24.4 Å². The van der Waals surface area contributed by atoms with E-state index in [9.17, 15) is 0 Å². The van der Waals surface area contributed by atoms with Crippen LogP contribution in [0, 0.1) is 0 Å². The lowest BCUT2D eigenvalue weighted by atomic mass is 10.1. The summed E-state index contributed by atoms with van der Waals surface area (Å²) >= 11 is 0. The minimum atomic E-state index is -1.82. The Kier molecular flexibility index (Phi) is 7.77. The lowest BCUT2D eigenvalue weighted by Crippen LogP contribution is -2.38. The molecular formula is C23H27NO8. The van der Waals surface area contributed by atoms with E-state index in [0.717, 1.165) is 35.0 Å². The molecule has 0 fully saturated rings. The van der Waals surface area contributed by atoms with Gasteiger partial charge in [0.15, 0.2) is 11.5 Å². The molecule has 0 bridgehead atoms. The fourth-order valence-electron chi connectivity index (χ4n) is 3.44. The van der Waals surface area contributed by atoms with Gasteiger partial charge < -0.3 is 34.5 Å². The third kappa shape index (κ3) is 6.04. The van der Waals surface area contributed by atoms with Gasteiger partial charge in [0.25, 0.3) is 0 Å². The number of para-hydroxylation sites is 2. The second-order valence-corrected chi connectivity index (χ2v) is 7.37. The predicted octanol–water partition coefficient (Wildman–Crippen LogP) is 2.49. The highest BCUT2D eigenvalue weighted by molar-refractivity contribution is 6.27. The molecule has 0 aromatic heterocycles. The molecule has 3 N–H and O–H groups in total. The predicted molar refractivity (Wildman–Crippen MR) is 115 cm³/mol. The van der Waals surface area contributed by atoms with E-state index in [4.69, 9.17) is 38.7 Å². The molecule has 0 spiro atoms. The van der Waals surface area contributed by atoms with Crippen molar-refractivity contribution in [1.82, 2.24) is 5.32 Å². The summed E-state index contributed by atoms with van der Waals surface area (Å²) in [4.78, 5) is 18.2. The van der Waals surface area contributed by atoms with Crippen LogP contribution in [0.2, 0.25) is 0 Å². The van der Waals surface area contributed by atoms with Crippen LogP contribution in [-0.4, -0.2) is 54.1 Å². The minimum Gasteiger partial charge on any atom is -0.494 e. The van der Waals surface area contributed by atoms with Crippen molar-refractivity contribution in [1.29, 1.82) is 0 Å². The number of hydrogen-bond acceptors (Lipinski definition) is 7. The second kappa shape index (κ2) is 10.7. The van der Waals surface area contributed by atoms with Crippen molar-refractivity contribution >= 4 is 11.9 Å². The molecule has 2 aromatic rings. The summed E-state index contributed by atoms with van der Waals surface area (Å²) in [6.07, 6.45) is 1.16. The molecule has 4 rings (SSSR count). The first-order valence-corrected chi connectivity index (χ1v) is 10.4. The first-order valence-electron chi connectivity index (χ1n) is 10.4. The highest BCUT2D eigenvalue weighted by Gasteiger charge is 2.23. The van der Waals surface area contributed by atoms with E-state index in [1.807, 2.05) is 31.2 Å². The van der Waals surface area contributed by atoms with Gasteiger partial charge in [0.1, 0.15) is 30.3 Å². The summed E-state index contributed by atoms with van der Waals surface area (Å²) in [5, 5.41) is 18.2. The summed E-state index contributed by atoms with van der Waals surface area (Å²) < 4.78 is 23.5. The van der Waals surface area contributed by atoms with Gasteiger partial charge in [0, 0.05) is 30.6 Å². The van der Waals surface area contributed by atoms with E-state index in [1.54, 1.807) is 0 Å². The maximum Gasteiger partial charge on any atom is 0.414 e. The van der Waals surface area contributed by atoms with Crippen LogP contribution in [-0.2, 0) is 22.6 Å². The number of carboxylic acids is 2. The third-order valence-electron chi connectivity index (χ3n) is 4.82. The Bertz CT molecular complexity index is 949. The second-order valence-electron chi connectivity index (χ2n) is 7.37. The van der Waals surface area contributed by atoms with Crippen molar-refractivity contribution in [3.8, 4) is 23.0 Å². The molecule has 2 unspecified atom stereocenters. The molecule has 0 amide bonds. The fourth-order valence-corrected chi connectivity index (χ4v) is 3.44. The normalized spacial score (nSPS) is 17.9. The highest BCUT2D eigenvalue weighted by Crippen LogP contribution is 2.35. The lowest BCUT2D eigenvalue weighted by Gasteiger charge is -2.26. The van der Waals surface area contributed by atoms with Gasteiger partial charge in [-0.05, 0) is 38.1 Å². The number of fused-ring (bicyclic) bond motifs is 2. The number of carboxylic acid groups (broad SMARTS) is 2. The van der Waals surface area contributed by atoms with E-state index >= 15 is 0 Å². The molecule has 0 saturated heterocycles. The molecule has 32 heavy (non-hydrogen) atoms. The molecule has 9 heteroatoms. The van der Waals surface area contributed by atoms with E-state index in [-0.39, 0.29) is 12.2 Å². The SMILES string of the molecule is CCOc1cc2c(cc1CNCC1COc3ccccc3O1)OC(C)C2.O=C(O)C(=O)O. The van der Waals surface area contributed by atoms with Gasteiger partial charge in [-0.2, -0.15) is 0 Å². The molecule has 2 atom stereocenters. The topological polar surface area (TPSA) is 124 Å². The van der Waals surface area contributed by atoms with Gasteiger partial charge in [0.05, 0.1) is 6.61 Å². The van der Waals surface area contributed by atoms with Crippen molar-refractivity contribution in [3.63, 3.8) is 0 Å². The fraction of sp³-hybridized carbons (Fsp3) is 0.391. The summed E-state index contributed by atoms with van der Waals surface area (Å²) in [6.45, 7) is 6.70. The Morgan fingerprint density at radius 1 is 1.09 bits per heavy atom. The zero-order chi connectivity index (χ0) is 23.1. The van der Waals surface area contributed by atoms with Gasteiger partial charge in [-0.3, -0.25) is 0 Å². The molecule has 2 aliphatic heterocycles. The molecule has 0 saturated carbocycles. The van der Waals surface area contributed by atoms with Crippen molar-refractivity contribution < 1.29 is 38.7 Å². The molecule has 0 aliphatic carbocycles. The number of rotatable bonds is 6. The maximum atomic E-state index is 9.10. The van der Waals surface area contributed by atoms with Gasteiger partial charge in [-0.25, -0.2) is 9.59 Å². The lowest BCUT2D eigenvalue weighted by molar-refractivity contribution is -0.159. The molecule has 2 heterocycles. The standard InChI is InChI=1S/C21H25NO4.C2H2O4/c1-3-23-20-9-15-8-14(2)25-21(15)10-16(20)11-22-12-17-13-24-18-6-4-5-7-19(18)26-17;3-1(4)2(5)6/h4-7,9-10,14,17,22H,3,8,11-13H2,1-2H3;(H,3,4)(H,5,6). The van der Waals surface area contributed by atoms with Crippen molar-refractivity contribution in [3.05, 3.63) is 47.5 Å². The zero-order valence-electron chi connectivity index (χ0n) is 18.0. The average Bonchev–Trinajstić information content (AvgIpc) is 3.13. The molecular weight excluding hydrogens is 418 g/mol. The van der Waals surface area contributed by atoms with E-state index in [0.29, 0.717) is 26.3 Å². The van der Waals surface area contributed by atoms with Crippen LogP contribution in [0.1, 0.15) is 25.0 Å². The number of ether oxygens (including phenoxy) is 4. The first-order chi connectivity index (χ1) is 15.4. The number of nitrogens with one attached hydrogen (secondary N) is 1. The van der Waals surface area contributed by atoms with Crippen LogP contribution in [0.4, 0.5) is 0 Å². The van der Waals surface area contributed by atoms with Gasteiger partial charge in [-0.1, -0.05) is 12.1 Å². The number of benzene rings is 2. The van der Waals surface area contributed by atoms with Crippen LogP contribution in [0.5, 0.6) is 23.0 Å². The summed E-state index contributed by atoms with van der Waals surface area (Å²) in [5.41, 5.74) is 2.34. The number of aliphatic carboxylic acids is 2. The Morgan fingerprint density at radius 3 is 2.50 bits per heavy atom. The maximum absolute atomic E-state index is 9.10. The third-order valence-corrected chi connectivity index (χ3v) is 4.82. The Balaban J connectivity index is 0.000000427. The van der Waals surface area contributed by atoms with Crippen LogP contribution in [0.3, 0.4) is 0 Å². The minimum absolute atomic E-state index is 0.00820. The molecule has 172 valence electrons. The van der Waals surface area contributed by atoms with Crippen molar-refractivity contribution in [2.45, 2.75) is 39.0 Å². The van der Waals surface area contributed by atoms with Crippen molar-refractivity contribution in [2.24, 2.45) is 0 Å². The number of hydrogen-bond donors (Lipinski definition) is 3. The summed E-state index contributed by atoms with van der Waals surface area (Å²) in [6, 6.07) is 12.0. The Morgan fingerprint density at radius 2 is 1.81 bits per heavy atom. The quantitative estimate of drug-likeness (QED) is 0.575. The molecule has 2 aromatic carbocycles. The molecule has 9 nitrogen and oxygen atoms in total. The molecule has 0 radical (unpaired) electrons. The van der Waals surface area contributed by atoms with Gasteiger partial charge in [-0.15, -0.1) is 0 Å². The Hall–Kier alpha value is -3.46. The zero-order valence-corrected chi connectivity index (χ0v) is 18.0. The van der Waals surface area contributed by atoms with Gasteiger partial charge in [0.2, 0.25) is 0 Å². The smallest absolute Gasteiger partial charge is 0.414 e. The van der Waals surface area contributed by atoms with Crippen LogP contribution in [0.15, 0.2) is 36.4 Å². The van der Waals surface area contributed by atoms with Crippen LogP contribution in [0.25, 0.3) is 0 Å². The van der Waals surface area contributed by atoms with Crippen molar-refractivity contribution in [2.75, 3.05) is 19.8 Å². The average molecular weight is 445 g/mol. The molecule has 2 aliphatic rings. The van der Waals surface area contributed by atoms with Crippen LogP contribution < -0.4 is 24.3 Å². The highest BCUT2D eigenvalue weighted by atomic mass is 16.6. The van der Waals surface area contributed by atoms with Gasteiger partial charge >= 0.3 is 11.9 Å². The summed E-state index contributed by atoms with van der Waals surface area (Å²) in [5.74, 6) is -0.121. The van der Waals surface area contributed by atoms with E-state index < -0.39 is 11.9 Å². The first kappa shape index (κ1) is 23.2. The number of carbonyl (C=O) groups is 2. The monoisotopic (exact) mass is 445 g/mol. The Labute approximate surface area is 185 Å². The van der Waals surface area contributed by atoms with Crippen LogP contribution >= 0.6 is 0 Å². The largest absolute Gasteiger partial charge is 0.494 e. The van der Waals surface area contributed by atoms with E-state index in [1.165, 1.54) is 5.56 Å².